The molecule has 0 radical (unpaired) electrons. The van der Waals surface area contributed by atoms with Gasteiger partial charge in [0, 0.05) is 41.0 Å². The number of amides is 2. The lowest BCUT2D eigenvalue weighted by Crippen LogP contribution is -2.24. The monoisotopic (exact) mass is 425 g/mol. The smallest absolute Gasteiger partial charge is 0.255 e. The van der Waals surface area contributed by atoms with Gasteiger partial charge in [-0.3, -0.25) is 14.6 Å². The third kappa shape index (κ3) is 6.93. The molecule has 3 rings (SSSR count). The van der Waals surface area contributed by atoms with E-state index in [-0.39, 0.29) is 11.8 Å². The van der Waals surface area contributed by atoms with Crippen molar-refractivity contribution in [1.82, 2.24) is 10.3 Å². The van der Waals surface area contributed by atoms with Crippen LogP contribution in [-0.4, -0.2) is 22.6 Å². The summed E-state index contributed by atoms with van der Waals surface area (Å²) in [5.41, 5.74) is 3.26. The molecule has 0 aliphatic heterocycles. The summed E-state index contributed by atoms with van der Waals surface area (Å²) in [6, 6.07) is 18.3. The van der Waals surface area contributed by atoms with Crippen molar-refractivity contribution < 1.29 is 9.59 Å². The minimum Gasteiger partial charge on any atom is -0.351 e. The molecule has 0 bridgehead atoms. The summed E-state index contributed by atoms with van der Waals surface area (Å²) >= 11 is 7.42. The van der Waals surface area contributed by atoms with Crippen molar-refractivity contribution in [2.45, 2.75) is 12.3 Å². The number of aromatic nitrogens is 1. The summed E-state index contributed by atoms with van der Waals surface area (Å²) in [5.74, 6) is 0.893. The zero-order valence-corrected chi connectivity index (χ0v) is 17.2. The third-order valence-electron chi connectivity index (χ3n) is 4.03. The maximum Gasteiger partial charge on any atom is 0.255 e. The summed E-state index contributed by atoms with van der Waals surface area (Å²) in [6.07, 6.45) is 3.15. The number of carbonyl (C=O) groups is 2. The Morgan fingerprint density at radius 1 is 0.966 bits per heavy atom. The Morgan fingerprint density at radius 3 is 2.48 bits per heavy atom. The van der Waals surface area contributed by atoms with Crippen LogP contribution in [0.15, 0.2) is 73.1 Å². The van der Waals surface area contributed by atoms with E-state index in [9.17, 15) is 9.59 Å². The highest BCUT2D eigenvalue weighted by molar-refractivity contribution is 7.99. The molecule has 0 atom stereocenters. The zero-order chi connectivity index (χ0) is 20.5. The van der Waals surface area contributed by atoms with E-state index in [0.29, 0.717) is 28.6 Å². The first-order chi connectivity index (χ1) is 14.1. The van der Waals surface area contributed by atoms with Gasteiger partial charge in [-0.25, -0.2) is 0 Å². The summed E-state index contributed by atoms with van der Waals surface area (Å²) in [6.45, 7) is 0.402. The Bertz CT molecular complexity index is 965. The van der Waals surface area contributed by atoms with Gasteiger partial charge >= 0.3 is 0 Å². The SMILES string of the molecule is O=C(CSCc1ccc(Cl)cc1)NCc1cccc(NC(=O)c2ccncc2)c1. The van der Waals surface area contributed by atoms with E-state index in [1.165, 1.54) is 0 Å². The number of halogens is 1. The first kappa shape index (κ1) is 20.9. The highest BCUT2D eigenvalue weighted by atomic mass is 35.5. The molecule has 0 aliphatic carbocycles. The van der Waals surface area contributed by atoms with Crippen LogP contribution in [0.1, 0.15) is 21.5 Å². The Balaban J connectivity index is 1.44. The molecule has 0 fully saturated rings. The van der Waals surface area contributed by atoms with Crippen LogP contribution >= 0.6 is 23.4 Å². The number of carbonyl (C=O) groups excluding carboxylic acids is 2. The van der Waals surface area contributed by atoms with E-state index in [1.807, 2.05) is 48.5 Å². The van der Waals surface area contributed by atoms with Crippen LogP contribution in [0.4, 0.5) is 5.69 Å². The fourth-order valence-electron chi connectivity index (χ4n) is 2.56. The number of hydrogen-bond donors (Lipinski definition) is 2. The number of thioether (sulfide) groups is 1. The van der Waals surface area contributed by atoms with E-state index < -0.39 is 0 Å². The fourth-order valence-corrected chi connectivity index (χ4v) is 3.50. The van der Waals surface area contributed by atoms with Crippen molar-refractivity contribution in [3.8, 4) is 0 Å². The van der Waals surface area contributed by atoms with Gasteiger partial charge in [0.15, 0.2) is 0 Å². The molecule has 0 saturated carbocycles. The van der Waals surface area contributed by atoms with Gasteiger partial charge in [0.2, 0.25) is 5.91 Å². The Morgan fingerprint density at radius 2 is 1.72 bits per heavy atom. The maximum absolute atomic E-state index is 12.2. The predicted octanol–water partition coefficient (Wildman–Crippen LogP) is 4.54. The number of nitrogens with zero attached hydrogens (tertiary/aromatic N) is 1. The number of pyridine rings is 1. The fraction of sp³-hybridized carbons (Fsp3) is 0.136. The normalized spacial score (nSPS) is 10.4. The number of benzene rings is 2. The van der Waals surface area contributed by atoms with E-state index >= 15 is 0 Å². The molecule has 2 amide bonds. The van der Waals surface area contributed by atoms with Crippen molar-refractivity contribution in [1.29, 1.82) is 0 Å². The largest absolute Gasteiger partial charge is 0.351 e. The van der Waals surface area contributed by atoms with E-state index in [4.69, 9.17) is 11.6 Å². The average Bonchev–Trinajstić information content (AvgIpc) is 2.74. The topological polar surface area (TPSA) is 71.1 Å². The molecular weight excluding hydrogens is 406 g/mol. The molecule has 0 unspecified atom stereocenters. The molecule has 1 heterocycles. The van der Waals surface area contributed by atoms with Gasteiger partial charge < -0.3 is 10.6 Å². The van der Waals surface area contributed by atoms with E-state index in [1.54, 1.807) is 36.3 Å². The van der Waals surface area contributed by atoms with Gasteiger partial charge in [-0.1, -0.05) is 35.9 Å². The van der Waals surface area contributed by atoms with E-state index in [0.717, 1.165) is 16.9 Å². The second-order valence-electron chi connectivity index (χ2n) is 6.29. The van der Waals surface area contributed by atoms with E-state index in [2.05, 4.69) is 15.6 Å². The lowest BCUT2D eigenvalue weighted by molar-refractivity contribution is -0.118. The molecule has 0 aliphatic rings. The molecule has 0 spiro atoms. The minimum atomic E-state index is -0.202. The maximum atomic E-state index is 12.2. The van der Waals surface area contributed by atoms with Gasteiger partial charge in [-0.05, 0) is 47.5 Å². The lowest BCUT2D eigenvalue weighted by atomic mass is 10.2. The van der Waals surface area contributed by atoms with Crippen LogP contribution in [-0.2, 0) is 17.1 Å². The Hall–Kier alpha value is -2.83. The van der Waals surface area contributed by atoms with Crippen LogP contribution in [0.2, 0.25) is 5.02 Å². The number of anilines is 1. The summed E-state index contributed by atoms with van der Waals surface area (Å²) in [7, 11) is 0. The molecule has 2 aromatic carbocycles. The molecule has 5 nitrogen and oxygen atoms in total. The molecule has 3 aromatic rings. The Labute approximate surface area is 178 Å². The van der Waals surface area contributed by atoms with Crippen molar-refractivity contribution in [3.05, 3.63) is 94.8 Å². The standard InChI is InChI=1S/C22H20ClN3O2S/c23-19-6-4-16(5-7-19)14-29-15-21(27)25-13-17-2-1-3-20(12-17)26-22(28)18-8-10-24-11-9-18/h1-12H,13-15H2,(H,25,27)(H,26,28). The predicted molar refractivity (Wildman–Crippen MR) is 118 cm³/mol. The molecule has 1 aromatic heterocycles. The summed E-state index contributed by atoms with van der Waals surface area (Å²) in [4.78, 5) is 28.2. The van der Waals surface area contributed by atoms with Crippen molar-refractivity contribution in [2.75, 3.05) is 11.1 Å². The summed E-state index contributed by atoms with van der Waals surface area (Å²) in [5, 5.41) is 6.46. The number of hydrogen-bond acceptors (Lipinski definition) is 4. The molecule has 2 N–H and O–H groups in total. The minimum absolute atomic E-state index is 0.0322. The quantitative estimate of drug-likeness (QED) is 0.556. The van der Waals surface area contributed by atoms with Crippen LogP contribution < -0.4 is 10.6 Å². The van der Waals surface area contributed by atoms with Gasteiger partial charge in [-0.15, -0.1) is 11.8 Å². The first-order valence-electron chi connectivity index (χ1n) is 8.99. The summed E-state index contributed by atoms with van der Waals surface area (Å²) < 4.78 is 0. The number of nitrogens with one attached hydrogen (secondary N) is 2. The molecule has 7 heteroatoms. The van der Waals surface area contributed by atoms with Crippen molar-refractivity contribution in [3.63, 3.8) is 0 Å². The van der Waals surface area contributed by atoms with Crippen LogP contribution in [0, 0.1) is 0 Å². The average molecular weight is 426 g/mol. The first-order valence-corrected chi connectivity index (χ1v) is 10.5. The zero-order valence-electron chi connectivity index (χ0n) is 15.6. The molecule has 29 heavy (non-hydrogen) atoms. The van der Waals surface area contributed by atoms with Gasteiger partial charge in [0.05, 0.1) is 5.75 Å². The molecule has 0 saturated heterocycles. The highest BCUT2D eigenvalue weighted by Gasteiger charge is 2.07. The van der Waals surface area contributed by atoms with Gasteiger partial charge in [0.1, 0.15) is 0 Å². The van der Waals surface area contributed by atoms with Gasteiger partial charge in [0.25, 0.3) is 5.91 Å². The number of rotatable bonds is 8. The second-order valence-corrected chi connectivity index (χ2v) is 7.71. The van der Waals surface area contributed by atoms with Crippen molar-refractivity contribution in [2.24, 2.45) is 0 Å². The van der Waals surface area contributed by atoms with Gasteiger partial charge in [-0.2, -0.15) is 0 Å². The highest BCUT2D eigenvalue weighted by Crippen LogP contribution is 2.16. The third-order valence-corrected chi connectivity index (χ3v) is 5.29. The molecule has 148 valence electrons. The molecular formula is C22H20ClN3O2S. The van der Waals surface area contributed by atoms with Crippen LogP contribution in [0.25, 0.3) is 0 Å². The van der Waals surface area contributed by atoms with Crippen LogP contribution in [0.3, 0.4) is 0 Å². The van der Waals surface area contributed by atoms with Crippen LogP contribution in [0.5, 0.6) is 0 Å². The Kier molecular flexibility index (Phi) is 7.67. The second kappa shape index (κ2) is 10.6. The van der Waals surface area contributed by atoms with Crippen molar-refractivity contribution >= 4 is 40.9 Å². The lowest BCUT2D eigenvalue weighted by Gasteiger charge is -2.09.